The quantitative estimate of drug-likeness (QED) is 0.314. The fraction of sp³-hybridized carbons (Fsp3) is 0.308. The molecule has 0 amide bonds. The van der Waals surface area contributed by atoms with Crippen molar-refractivity contribution in [2.75, 3.05) is 37.3 Å². The topological polar surface area (TPSA) is 86.1 Å². The summed E-state index contributed by atoms with van der Waals surface area (Å²) in [5, 5.41) is 12.4. The van der Waals surface area contributed by atoms with Crippen LogP contribution in [-0.2, 0) is 10.0 Å². The molecule has 178 valence electrons. The molecule has 1 aliphatic rings. The average molecular weight is 479 g/mol. The molecule has 0 saturated carbocycles. The van der Waals surface area contributed by atoms with E-state index in [0.29, 0.717) is 32.6 Å². The van der Waals surface area contributed by atoms with Crippen LogP contribution in [0.3, 0.4) is 0 Å². The fourth-order valence-corrected chi connectivity index (χ4v) is 5.46. The van der Waals surface area contributed by atoms with E-state index in [1.165, 1.54) is 21.7 Å². The number of pyridine rings is 1. The highest BCUT2D eigenvalue weighted by atomic mass is 32.2. The Morgan fingerprint density at radius 1 is 1.03 bits per heavy atom. The number of oxime groups is 1. The van der Waals surface area contributed by atoms with Gasteiger partial charge in [-0.15, -0.1) is 5.16 Å². The van der Waals surface area contributed by atoms with Crippen molar-refractivity contribution in [1.29, 1.82) is 0 Å². The van der Waals surface area contributed by atoms with Crippen molar-refractivity contribution in [1.82, 2.24) is 9.29 Å². The number of aromatic nitrogens is 1. The number of piperazine rings is 1. The van der Waals surface area contributed by atoms with Crippen molar-refractivity contribution in [2.24, 2.45) is 5.16 Å². The van der Waals surface area contributed by atoms with Crippen LogP contribution in [0.25, 0.3) is 11.1 Å². The Bertz CT molecular complexity index is 1250. The van der Waals surface area contributed by atoms with Crippen molar-refractivity contribution in [3.05, 3.63) is 83.7 Å². The minimum Gasteiger partial charge on any atom is -0.411 e. The monoisotopic (exact) mass is 478 g/mol. The molecule has 34 heavy (non-hydrogen) atoms. The molecular formula is C26H30N4O3S. The van der Waals surface area contributed by atoms with Crippen LogP contribution in [-0.4, -0.2) is 61.6 Å². The zero-order valence-electron chi connectivity index (χ0n) is 19.5. The van der Waals surface area contributed by atoms with Crippen LogP contribution < -0.4 is 4.90 Å². The van der Waals surface area contributed by atoms with Crippen molar-refractivity contribution in [3.63, 3.8) is 0 Å². The molecule has 7 nitrogen and oxygen atoms in total. The van der Waals surface area contributed by atoms with E-state index in [4.69, 9.17) is 5.21 Å². The molecule has 1 aromatic heterocycles. The molecule has 0 bridgehead atoms. The van der Waals surface area contributed by atoms with Crippen LogP contribution in [0.5, 0.6) is 0 Å². The third kappa shape index (κ3) is 5.29. The zero-order valence-corrected chi connectivity index (χ0v) is 20.3. The van der Waals surface area contributed by atoms with Crippen LogP contribution >= 0.6 is 0 Å². The second-order valence-corrected chi connectivity index (χ2v) is 10.6. The lowest BCUT2D eigenvalue weighted by Crippen LogP contribution is -2.48. The second kappa shape index (κ2) is 10.4. The fourth-order valence-electron chi connectivity index (χ4n) is 4.63. The summed E-state index contributed by atoms with van der Waals surface area (Å²) in [5.74, 6) is 0.0267. The molecule has 2 aromatic carbocycles. The number of benzene rings is 2. The van der Waals surface area contributed by atoms with Gasteiger partial charge in [-0.1, -0.05) is 36.4 Å². The van der Waals surface area contributed by atoms with E-state index in [1.807, 2.05) is 24.4 Å². The van der Waals surface area contributed by atoms with E-state index < -0.39 is 10.0 Å². The standard InChI is InChI=1S/C26H30N4O3S/c1-20-5-3-4-6-23(20)24(12-14-28-31)25-11-13-27-19-26(25)21-7-9-22(10-8-21)29-15-17-30(18-16-29)34(2,32)33/h3-11,13-14,19,24,31H,12,15-18H2,1-2H3/b28-14+. The lowest BCUT2D eigenvalue weighted by molar-refractivity contribution is 0.320. The molecule has 2 heterocycles. The second-order valence-electron chi connectivity index (χ2n) is 8.60. The molecular weight excluding hydrogens is 448 g/mol. The van der Waals surface area contributed by atoms with Gasteiger partial charge in [0.25, 0.3) is 0 Å². The molecule has 3 aromatic rings. The highest BCUT2D eigenvalue weighted by Gasteiger charge is 2.24. The number of sulfonamides is 1. The molecule has 8 heteroatoms. The molecule has 0 radical (unpaired) electrons. The summed E-state index contributed by atoms with van der Waals surface area (Å²) in [6, 6.07) is 18.7. The smallest absolute Gasteiger partial charge is 0.211 e. The van der Waals surface area contributed by atoms with Gasteiger partial charge in [0, 0.05) is 62.0 Å². The van der Waals surface area contributed by atoms with E-state index in [2.05, 4.69) is 58.4 Å². The first-order valence-corrected chi connectivity index (χ1v) is 13.2. The summed E-state index contributed by atoms with van der Waals surface area (Å²) < 4.78 is 25.1. The third-order valence-electron chi connectivity index (χ3n) is 6.47. The first-order chi connectivity index (χ1) is 16.4. The number of hydrogen-bond acceptors (Lipinski definition) is 6. The lowest BCUT2D eigenvalue weighted by atomic mass is 9.83. The predicted molar refractivity (Wildman–Crippen MR) is 136 cm³/mol. The maximum Gasteiger partial charge on any atom is 0.211 e. The lowest BCUT2D eigenvalue weighted by Gasteiger charge is -2.34. The first-order valence-electron chi connectivity index (χ1n) is 11.3. The highest BCUT2D eigenvalue weighted by Crippen LogP contribution is 2.36. The van der Waals surface area contributed by atoms with Gasteiger partial charge in [0.15, 0.2) is 0 Å². The summed E-state index contributed by atoms with van der Waals surface area (Å²) >= 11 is 0. The molecule has 1 aliphatic heterocycles. The van der Waals surface area contributed by atoms with Gasteiger partial charge < -0.3 is 10.1 Å². The maximum atomic E-state index is 11.8. The van der Waals surface area contributed by atoms with Crippen molar-refractivity contribution in [2.45, 2.75) is 19.3 Å². The Hall–Kier alpha value is -3.23. The van der Waals surface area contributed by atoms with Crippen LogP contribution in [0, 0.1) is 6.92 Å². The maximum absolute atomic E-state index is 11.8. The Balaban J connectivity index is 1.62. The molecule has 1 saturated heterocycles. The van der Waals surface area contributed by atoms with E-state index >= 15 is 0 Å². The van der Waals surface area contributed by atoms with Crippen molar-refractivity contribution in [3.8, 4) is 11.1 Å². The normalized spacial score (nSPS) is 16.1. The van der Waals surface area contributed by atoms with Gasteiger partial charge in [-0.05, 0) is 53.8 Å². The summed E-state index contributed by atoms with van der Waals surface area (Å²) in [4.78, 5) is 6.60. The van der Waals surface area contributed by atoms with Crippen LogP contribution in [0.15, 0.2) is 72.1 Å². The minimum atomic E-state index is -3.15. The van der Waals surface area contributed by atoms with E-state index in [9.17, 15) is 8.42 Å². The first kappa shape index (κ1) is 23.9. The molecule has 0 aliphatic carbocycles. The predicted octanol–water partition coefficient (Wildman–Crippen LogP) is 4.12. The Kier molecular flexibility index (Phi) is 7.29. The summed E-state index contributed by atoms with van der Waals surface area (Å²) in [6.45, 7) is 4.42. The number of aryl methyl sites for hydroxylation is 1. The van der Waals surface area contributed by atoms with Gasteiger partial charge in [0.1, 0.15) is 0 Å². The third-order valence-corrected chi connectivity index (χ3v) is 7.77. The molecule has 1 N–H and O–H groups in total. The van der Waals surface area contributed by atoms with Crippen LogP contribution in [0.4, 0.5) is 5.69 Å². The Morgan fingerprint density at radius 2 is 1.74 bits per heavy atom. The number of nitrogens with zero attached hydrogens (tertiary/aromatic N) is 4. The summed E-state index contributed by atoms with van der Waals surface area (Å²) in [7, 11) is -3.15. The average Bonchev–Trinajstić information content (AvgIpc) is 2.85. The van der Waals surface area contributed by atoms with Crippen LogP contribution in [0.1, 0.15) is 29.0 Å². The van der Waals surface area contributed by atoms with E-state index in [-0.39, 0.29) is 5.92 Å². The highest BCUT2D eigenvalue weighted by molar-refractivity contribution is 7.88. The number of anilines is 1. The minimum absolute atomic E-state index is 0.0267. The van der Waals surface area contributed by atoms with E-state index in [1.54, 1.807) is 12.4 Å². The SMILES string of the molecule is Cc1ccccc1C(C/C=N/O)c1ccncc1-c1ccc(N2CCN(S(C)(=O)=O)CC2)cc1. The largest absolute Gasteiger partial charge is 0.411 e. The summed E-state index contributed by atoms with van der Waals surface area (Å²) in [5.41, 5.74) is 6.67. The van der Waals surface area contributed by atoms with Gasteiger partial charge in [0.05, 0.1) is 6.26 Å². The molecule has 4 rings (SSSR count). The van der Waals surface area contributed by atoms with Gasteiger partial charge in [-0.25, -0.2) is 8.42 Å². The van der Waals surface area contributed by atoms with Gasteiger partial charge in [0.2, 0.25) is 10.0 Å². The van der Waals surface area contributed by atoms with Crippen molar-refractivity contribution >= 4 is 21.9 Å². The molecule has 0 spiro atoms. The number of rotatable bonds is 7. The van der Waals surface area contributed by atoms with E-state index in [0.717, 1.165) is 22.4 Å². The zero-order chi connectivity index (χ0) is 24.1. The molecule has 1 atom stereocenters. The Labute approximate surface area is 201 Å². The van der Waals surface area contributed by atoms with Crippen molar-refractivity contribution < 1.29 is 13.6 Å². The van der Waals surface area contributed by atoms with Gasteiger partial charge >= 0.3 is 0 Å². The molecule has 1 unspecified atom stereocenters. The summed E-state index contributed by atoms with van der Waals surface area (Å²) in [6.07, 6.45) is 7.06. The van der Waals surface area contributed by atoms with Crippen LogP contribution in [0.2, 0.25) is 0 Å². The Morgan fingerprint density at radius 3 is 2.38 bits per heavy atom. The number of hydrogen-bond donors (Lipinski definition) is 1. The van der Waals surface area contributed by atoms with Gasteiger partial charge in [-0.2, -0.15) is 4.31 Å². The molecule has 1 fully saturated rings. The van der Waals surface area contributed by atoms with Gasteiger partial charge in [-0.3, -0.25) is 4.98 Å².